The van der Waals surface area contributed by atoms with Crippen molar-refractivity contribution in [2.75, 3.05) is 12.4 Å². The third-order valence-electron chi connectivity index (χ3n) is 5.70. The van der Waals surface area contributed by atoms with Crippen LogP contribution < -0.4 is 44.7 Å². The normalized spacial score (nSPS) is 11.4. The molecular weight excluding hydrogens is 576 g/mol. The molecule has 0 spiro atoms. The maximum atomic E-state index is 13.4. The first kappa shape index (κ1) is 30.8. The van der Waals surface area contributed by atoms with Crippen molar-refractivity contribution in [3.63, 3.8) is 0 Å². The number of rotatable bonds is 7. The van der Waals surface area contributed by atoms with Gasteiger partial charge in [0, 0.05) is 16.6 Å². The Balaban J connectivity index is 0.00000420. The summed E-state index contributed by atoms with van der Waals surface area (Å²) in [4.78, 5) is 12.7. The van der Waals surface area contributed by atoms with Gasteiger partial charge in [0.1, 0.15) is 11.4 Å². The molecule has 13 heteroatoms. The number of amides is 1. The second-order valence-electron chi connectivity index (χ2n) is 8.03. The summed E-state index contributed by atoms with van der Waals surface area (Å²) in [5, 5.41) is 25.5. The fraction of sp³-hybridized carbons (Fsp3) is 0.115. The van der Waals surface area contributed by atoms with Gasteiger partial charge >= 0.3 is 29.6 Å². The Labute approximate surface area is 256 Å². The van der Waals surface area contributed by atoms with Gasteiger partial charge in [-0.1, -0.05) is 60.1 Å². The topological polar surface area (TPSA) is 140 Å². The zero-order valence-electron chi connectivity index (χ0n) is 21.0. The van der Waals surface area contributed by atoms with E-state index in [0.29, 0.717) is 22.2 Å². The summed E-state index contributed by atoms with van der Waals surface area (Å²) in [5.41, 5.74) is 0.321. The van der Waals surface area contributed by atoms with Crippen molar-refractivity contribution < 1.29 is 57.2 Å². The summed E-state index contributed by atoms with van der Waals surface area (Å²) >= 11 is 12.5. The molecule has 196 valence electrons. The summed E-state index contributed by atoms with van der Waals surface area (Å²) < 4.78 is 37.9. The fourth-order valence-corrected chi connectivity index (χ4v) is 5.31. The number of anilines is 1. The Morgan fingerprint density at radius 1 is 1.08 bits per heavy atom. The SMILES string of the molecule is CCc1c(S(=O)(=O)O)ccc(N=Nc2c([O-])c(C(=O)Nc3ccc(OC)c(Cl)c3)cc3ccccc23)c1Cl.[Na+]. The van der Waals surface area contributed by atoms with E-state index in [0.717, 1.165) is 6.07 Å². The van der Waals surface area contributed by atoms with Gasteiger partial charge < -0.3 is 15.2 Å². The van der Waals surface area contributed by atoms with E-state index < -0.39 is 21.8 Å². The molecule has 0 unspecified atom stereocenters. The van der Waals surface area contributed by atoms with Crippen molar-refractivity contribution in [1.29, 1.82) is 0 Å². The zero-order valence-corrected chi connectivity index (χ0v) is 25.4. The number of nitrogens with one attached hydrogen (secondary N) is 1. The van der Waals surface area contributed by atoms with Gasteiger partial charge in [0.2, 0.25) is 0 Å². The Kier molecular flexibility index (Phi) is 10.0. The molecule has 0 heterocycles. The number of carbonyl (C=O) groups excluding carboxylic acids is 1. The minimum Gasteiger partial charge on any atom is -0.870 e. The largest absolute Gasteiger partial charge is 1.00 e. The molecule has 0 aromatic heterocycles. The molecular formula is C26H20Cl2N3NaO6S. The average molecular weight is 596 g/mol. The van der Waals surface area contributed by atoms with E-state index in [1.807, 2.05) is 0 Å². The third kappa shape index (κ3) is 6.55. The van der Waals surface area contributed by atoms with Crippen molar-refractivity contribution in [1.82, 2.24) is 0 Å². The van der Waals surface area contributed by atoms with Gasteiger partial charge in [-0.05, 0) is 53.8 Å². The van der Waals surface area contributed by atoms with Crippen LogP contribution in [-0.2, 0) is 16.5 Å². The summed E-state index contributed by atoms with van der Waals surface area (Å²) in [6.45, 7) is 1.66. The summed E-state index contributed by atoms with van der Waals surface area (Å²) in [7, 11) is -3.04. The van der Waals surface area contributed by atoms with Gasteiger partial charge in [0.15, 0.2) is 0 Å². The van der Waals surface area contributed by atoms with Crippen LogP contribution in [0.2, 0.25) is 10.0 Å². The van der Waals surface area contributed by atoms with Gasteiger partial charge in [-0.2, -0.15) is 13.5 Å². The molecule has 0 saturated heterocycles. The van der Waals surface area contributed by atoms with Crippen molar-refractivity contribution in [2.24, 2.45) is 10.2 Å². The van der Waals surface area contributed by atoms with Crippen LogP contribution >= 0.6 is 23.2 Å². The Hall–Kier alpha value is -2.70. The zero-order chi connectivity index (χ0) is 27.6. The van der Waals surface area contributed by atoms with E-state index in [-0.39, 0.29) is 73.4 Å². The van der Waals surface area contributed by atoms with Crippen LogP contribution in [0.4, 0.5) is 17.1 Å². The number of halogens is 2. The Morgan fingerprint density at radius 3 is 2.44 bits per heavy atom. The van der Waals surface area contributed by atoms with Crippen LogP contribution in [0.1, 0.15) is 22.8 Å². The van der Waals surface area contributed by atoms with Crippen molar-refractivity contribution in [3.8, 4) is 11.5 Å². The number of methoxy groups -OCH3 is 1. The van der Waals surface area contributed by atoms with E-state index >= 15 is 0 Å². The molecule has 0 atom stereocenters. The number of fused-ring (bicyclic) bond motifs is 1. The first-order chi connectivity index (χ1) is 18.0. The molecule has 4 aromatic rings. The standard InChI is InChI=1S/C26H21Cl2N3O6S.Na/c1-3-16-22(38(34,35)36)11-9-20(23(16)28)30-31-24-17-7-5-4-6-14(17)12-18(25(24)32)26(33)29-15-8-10-21(37-2)19(27)13-15;/h4-13,32H,3H2,1-2H3,(H,29,33)(H,34,35,36);/q;+1/p-1. The number of hydrogen-bond donors (Lipinski definition) is 2. The minimum atomic E-state index is -4.50. The molecule has 2 N–H and O–H groups in total. The number of azo groups is 1. The van der Waals surface area contributed by atoms with Gasteiger partial charge in [0.05, 0.1) is 27.7 Å². The van der Waals surface area contributed by atoms with Crippen molar-refractivity contribution >= 4 is 67.1 Å². The van der Waals surface area contributed by atoms with Crippen LogP contribution in [0.3, 0.4) is 0 Å². The average Bonchev–Trinajstić information content (AvgIpc) is 2.87. The third-order valence-corrected chi connectivity index (χ3v) is 7.35. The van der Waals surface area contributed by atoms with Gasteiger partial charge in [-0.25, -0.2) is 0 Å². The molecule has 0 bridgehead atoms. The van der Waals surface area contributed by atoms with E-state index in [4.69, 9.17) is 27.9 Å². The minimum absolute atomic E-state index is 0. The van der Waals surface area contributed by atoms with Gasteiger partial charge in [0.25, 0.3) is 16.0 Å². The van der Waals surface area contributed by atoms with Crippen molar-refractivity contribution in [3.05, 3.63) is 81.8 Å². The first-order valence-electron chi connectivity index (χ1n) is 11.1. The molecule has 39 heavy (non-hydrogen) atoms. The van der Waals surface area contributed by atoms with Crippen LogP contribution in [-0.4, -0.2) is 26.0 Å². The summed E-state index contributed by atoms with van der Waals surface area (Å²) in [6.07, 6.45) is 0.193. The second kappa shape index (κ2) is 12.6. The predicted molar refractivity (Wildman–Crippen MR) is 144 cm³/mol. The quantitative estimate of drug-likeness (QED) is 0.189. The van der Waals surface area contributed by atoms with E-state index in [9.17, 15) is 22.9 Å². The van der Waals surface area contributed by atoms with E-state index in [1.165, 1.54) is 25.3 Å². The maximum absolute atomic E-state index is 13.4. The second-order valence-corrected chi connectivity index (χ2v) is 10.2. The number of benzene rings is 4. The molecule has 0 saturated carbocycles. The Morgan fingerprint density at radius 2 is 1.79 bits per heavy atom. The van der Waals surface area contributed by atoms with Crippen LogP contribution in [0, 0.1) is 0 Å². The fourth-order valence-electron chi connectivity index (χ4n) is 3.86. The van der Waals surface area contributed by atoms with E-state index in [2.05, 4.69) is 15.5 Å². The first-order valence-corrected chi connectivity index (χ1v) is 13.3. The number of hydrogen-bond acceptors (Lipinski definition) is 7. The maximum Gasteiger partial charge on any atom is 1.00 e. The van der Waals surface area contributed by atoms with E-state index in [1.54, 1.807) is 43.3 Å². The summed E-state index contributed by atoms with van der Waals surface area (Å²) in [5.74, 6) is -0.926. The molecule has 9 nitrogen and oxygen atoms in total. The molecule has 4 rings (SSSR count). The molecule has 0 aliphatic rings. The van der Waals surface area contributed by atoms with Crippen LogP contribution in [0.25, 0.3) is 10.8 Å². The Bertz CT molecular complexity index is 1710. The van der Waals surface area contributed by atoms with Gasteiger partial charge in [-0.15, -0.1) is 5.11 Å². The molecule has 1 amide bonds. The molecule has 4 aromatic carbocycles. The van der Waals surface area contributed by atoms with Crippen molar-refractivity contribution in [2.45, 2.75) is 18.2 Å². The number of carbonyl (C=O) groups is 1. The molecule has 0 aliphatic heterocycles. The molecule has 0 fully saturated rings. The molecule has 0 aliphatic carbocycles. The van der Waals surface area contributed by atoms with Crippen LogP contribution in [0.5, 0.6) is 11.5 Å². The predicted octanol–water partition coefficient (Wildman–Crippen LogP) is 3.71. The number of ether oxygens (including phenoxy) is 1. The summed E-state index contributed by atoms with van der Waals surface area (Å²) in [6, 6.07) is 15.4. The number of nitrogens with zero attached hydrogens (tertiary/aromatic N) is 2. The van der Waals surface area contributed by atoms with Gasteiger partial charge in [-0.3, -0.25) is 9.35 Å². The molecule has 0 radical (unpaired) electrons. The van der Waals surface area contributed by atoms with Crippen LogP contribution in [0.15, 0.2) is 75.8 Å². The monoisotopic (exact) mass is 595 g/mol. The smallest absolute Gasteiger partial charge is 0.870 e.